The summed E-state index contributed by atoms with van der Waals surface area (Å²) in [7, 11) is 0. The van der Waals surface area contributed by atoms with E-state index in [1.807, 2.05) is 0 Å². The molecule has 0 amide bonds. The van der Waals surface area contributed by atoms with Gasteiger partial charge in [-0.3, -0.25) is 10.1 Å². The summed E-state index contributed by atoms with van der Waals surface area (Å²) in [5.74, 6) is -0.711. The summed E-state index contributed by atoms with van der Waals surface area (Å²) in [6.45, 7) is 4.19. The van der Waals surface area contributed by atoms with Gasteiger partial charge in [0.15, 0.2) is 5.82 Å². The van der Waals surface area contributed by atoms with Crippen molar-refractivity contribution in [2.24, 2.45) is 0 Å². The number of hydrogen-bond acceptors (Lipinski definition) is 7. The Morgan fingerprint density at radius 2 is 2.09 bits per heavy atom. The molecular formula is C13H17N5O3S. The lowest BCUT2D eigenvalue weighted by Crippen LogP contribution is -2.87. The highest BCUT2D eigenvalue weighted by Crippen LogP contribution is 2.17. The number of carboxylic acid groups (broad SMARTS) is 1. The summed E-state index contributed by atoms with van der Waals surface area (Å²) < 4.78 is 5.04. The Kier molecular flexibility index (Phi) is 6.81. The number of pyridine rings is 1. The molecule has 0 spiro atoms. The molecular weight excluding hydrogens is 306 g/mol. The number of ether oxygens (including phenoxy) is 1. The van der Waals surface area contributed by atoms with Crippen LogP contribution in [0.1, 0.15) is 0 Å². The van der Waals surface area contributed by atoms with Gasteiger partial charge in [0.25, 0.3) is 0 Å². The van der Waals surface area contributed by atoms with Crippen LogP contribution < -0.4 is 10.4 Å². The van der Waals surface area contributed by atoms with Gasteiger partial charge in [-0.05, 0) is 12.1 Å². The lowest BCUT2D eigenvalue weighted by atomic mass is 10.3. The van der Waals surface area contributed by atoms with Gasteiger partial charge in [-0.15, -0.1) is 5.10 Å². The third-order valence-corrected chi connectivity index (χ3v) is 3.49. The van der Waals surface area contributed by atoms with E-state index in [1.54, 1.807) is 24.5 Å². The fourth-order valence-electron chi connectivity index (χ4n) is 1.65. The molecule has 1 aliphatic rings. The molecule has 3 N–H and O–H groups in total. The normalized spacial score (nSPS) is 14.0. The van der Waals surface area contributed by atoms with E-state index in [-0.39, 0.29) is 5.75 Å². The van der Waals surface area contributed by atoms with Crippen molar-refractivity contribution < 1.29 is 20.0 Å². The standard InChI is InChI=1S/C9H8N4O2S.C4H9NO/c14-7(15)5-16-9-11-8(12-13-9)6-1-3-10-4-2-6;1-3-6-4-2-5-1/h1-4H,5H2,(H,14,15)(H,11,12,13);5H,1-4H2. The average molecular weight is 323 g/mol. The van der Waals surface area contributed by atoms with Crippen LogP contribution in [0.15, 0.2) is 29.7 Å². The topological polar surface area (TPSA) is 120 Å². The van der Waals surface area contributed by atoms with Crippen molar-refractivity contribution in [3.63, 3.8) is 0 Å². The number of quaternary nitrogens is 1. The van der Waals surface area contributed by atoms with Gasteiger partial charge in [0.1, 0.15) is 0 Å². The predicted molar refractivity (Wildman–Crippen MR) is 77.8 cm³/mol. The van der Waals surface area contributed by atoms with Crippen LogP contribution in [0.2, 0.25) is 0 Å². The molecule has 118 valence electrons. The molecule has 2 aromatic heterocycles. The van der Waals surface area contributed by atoms with Crippen molar-refractivity contribution in [3.8, 4) is 11.4 Å². The fraction of sp³-hybridized carbons (Fsp3) is 0.385. The van der Waals surface area contributed by atoms with E-state index in [0.29, 0.717) is 11.0 Å². The lowest BCUT2D eigenvalue weighted by Gasteiger charge is -2.07. The number of morpholine rings is 1. The van der Waals surface area contributed by atoms with Crippen molar-refractivity contribution in [2.45, 2.75) is 5.16 Å². The summed E-state index contributed by atoms with van der Waals surface area (Å²) in [6, 6.07) is 3.57. The average Bonchev–Trinajstić information content (AvgIpc) is 3.05. The molecule has 22 heavy (non-hydrogen) atoms. The van der Waals surface area contributed by atoms with Gasteiger partial charge in [0.05, 0.1) is 32.3 Å². The highest BCUT2D eigenvalue weighted by atomic mass is 32.2. The minimum Gasteiger partial charge on any atom is -0.549 e. The molecule has 0 unspecified atom stereocenters. The maximum Gasteiger partial charge on any atom is 0.209 e. The number of carboxylic acids is 1. The van der Waals surface area contributed by atoms with Crippen LogP contribution in [0, 0.1) is 0 Å². The van der Waals surface area contributed by atoms with Gasteiger partial charge in [0.2, 0.25) is 5.16 Å². The van der Waals surface area contributed by atoms with Crippen LogP contribution in [0.5, 0.6) is 0 Å². The third-order valence-electron chi connectivity index (χ3n) is 2.67. The Morgan fingerprint density at radius 3 is 2.64 bits per heavy atom. The largest absolute Gasteiger partial charge is 0.549 e. The monoisotopic (exact) mass is 323 g/mol. The second kappa shape index (κ2) is 9.13. The van der Waals surface area contributed by atoms with E-state index in [2.05, 4.69) is 25.5 Å². The number of nitrogens with one attached hydrogen (secondary N) is 1. The van der Waals surface area contributed by atoms with Crippen molar-refractivity contribution >= 4 is 17.7 Å². The number of carbonyl (C=O) groups excluding carboxylic acids is 1. The molecule has 9 heteroatoms. The summed E-state index contributed by atoms with van der Waals surface area (Å²) in [5.41, 5.74) is 0.850. The molecule has 0 aromatic carbocycles. The third kappa shape index (κ3) is 5.80. The Bertz CT molecular complexity index is 563. The summed E-state index contributed by atoms with van der Waals surface area (Å²) in [4.78, 5) is 18.3. The highest BCUT2D eigenvalue weighted by molar-refractivity contribution is 7.99. The van der Waals surface area contributed by atoms with Crippen LogP contribution in [0.3, 0.4) is 0 Å². The fourth-order valence-corrected chi connectivity index (χ4v) is 2.17. The second-order valence-corrected chi connectivity index (χ2v) is 5.28. The van der Waals surface area contributed by atoms with Crippen LogP contribution in [-0.2, 0) is 9.53 Å². The van der Waals surface area contributed by atoms with Crippen molar-refractivity contribution in [1.82, 2.24) is 20.2 Å². The molecule has 0 radical (unpaired) electrons. The maximum atomic E-state index is 10.2. The number of aliphatic carboxylic acids is 1. The summed E-state index contributed by atoms with van der Waals surface area (Å²) in [5, 5.41) is 19.5. The van der Waals surface area contributed by atoms with Crippen molar-refractivity contribution in [2.75, 3.05) is 32.1 Å². The van der Waals surface area contributed by atoms with Crippen molar-refractivity contribution in [3.05, 3.63) is 24.5 Å². The molecule has 0 atom stereocenters. The first-order valence-electron chi connectivity index (χ1n) is 6.80. The molecule has 3 heterocycles. The predicted octanol–water partition coefficient (Wildman–Crippen LogP) is -1.71. The minimum atomic E-state index is -1.14. The number of nitrogens with zero attached hydrogens (tertiary/aromatic N) is 3. The highest BCUT2D eigenvalue weighted by Gasteiger charge is 2.05. The molecule has 8 nitrogen and oxygen atoms in total. The number of nitrogens with two attached hydrogens (primary N) is 1. The number of H-pyrrole nitrogens is 1. The molecule has 1 aliphatic heterocycles. The number of aromatic nitrogens is 4. The minimum absolute atomic E-state index is 0.159. The quantitative estimate of drug-likeness (QED) is 0.643. The number of rotatable bonds is 4. The smallest absolute Gasteiger partial charge is 0.209 e. The van der Waals surface area contributed by atoms with E-state index in [0.717, 1.165) is 43.6 Å². The van der Waals surface area contributed by atoms with Crippen LogP contribution in [0.25, 0.3) is 11.4 Å². The maximum absolute atomic E-state index is 10.2. The first kappa shape index (κ1) is 16.4. The van der Waals surface area contributed by atoms with Gasteiger partial charge in [-0.25, -0.2) is 4.98 Å². The zero-order valence-corrected chi connectivity index (χ0v) is 12.7. The Labute approximate surface area is 131 Å². The van der Waals surface area contributed by atoms with Crippen molar-refractivity contribution in [1.29, 1.82) is 0 Å². The Hall–Kier alpha value is -1.97. The molecule has 1 saturated heterocycles. The van der Waals surface area contributed by atoms with Crippen LogP contribution in [0.4, 0.5) is 0 Å². The lowest BCUT2D eigenvalue weighted by molar-refractivity contribution is -0.670. The second-order valence-electron chi connectivity index (χ2n) is 4.34. The molecule has 0 aliphatic carbocycles. The number of thioether (sulfide) groups is 1. The Balaban J connectivity index is 0.000000246. The zero-order valence-electron chi connectivity index (χ0n) is 11.9. The van der Waals surface area contributed by atoms with E-state index in [9.17, 15) is 9.90 Å². The first-order chi connectivity index (χ1) is 10.8. The SMILES string of the molecule is C1COCC[NH2+]1.O=C([O-])CSc1n[nH]c(-c2ccncc2)n1. The van der Waals surface area contributed by atoms with E-state index in [1.165, 1.54) is 0 Å². The molecule has 0 saturated carbocycles. The number of carbonyl (C=O) groups is 1. The first-order valence-corrected chi connectivity index (χ1v) is 7.79. The Morgan fingerprint density at radius 1 is 1.36 bits per heavy atom. The van der Waals surface area contributed by atoms with Gasteiger partial charge in [-0.2, -0.15) is 0 Å². The van der Waals surface area contributed by atoms with Gasteiger partial charge in [-0.1, -0.05) is 11.8 Å². The molecule has 2 aromatic rings. The van der Waals surface area contributed by atoms with Gasteiger partial charge in [0, 0.05) is 23.7 Å². The van der Waals surface area contributed by atoms with Gasteiger partial charge < -0.3 is 20.0 Å². The number of hydrogen-bond donors (Lipinski definition) is 2. The summed E-state index contributed by atoms with van der Waals surface area (Å²) in [6.07, 6.45) is 3.29. The van der Waals surface area contributed by atoms with E-state index >= 15 is 0 Å². The van der Waals surface area contributed by atoms with Crippen LogP contribution in [-0.4, -0.2) is 58.2 Å². The molecule has 1 fully saturated rings. The van der Waals surface area contributed by atoms with Gasteiger partial charge >= 0.3 is 0 Å². The zero-order chi connectivity index (χ0) is 15.6. The van der Waals surface area contributed by atoms with E-state index < -0.39 is 5.97 Å². The molecule has 3 rings (SSSR count). The number of aromatic amines is 1. The van der Waals surface area contributed by atoms with E-state index in [4.69, 9.17) is 4.74 Å². The summed E-state index contributed by atoms with van der Waals surface area (Å²) >= 11 is 1.01. The molecule has 0 bridgehead atoms. The van der Waals surface area contributed by atoms with Crippen LogP contribution >= 0.6 is 11.8 Å².